The van der Waals surface area contributed by atoms with E-state index in [4.69, 9.17) is 29.4 Å². The molecule has 0 bridgehead atoms. The van der Waals surface area contributed by atoms with E-state index < -0.39 is 42.0 Å². The van der Waals surface area contributed by atoms with Gasteiger partial charge in [-0.1, -0.05) is 72.8 Å². The standard InChI is InChI=1S/C36H31N7O6/c1-35(2)47-29-25(45-34(30(29)48-35)43-20-42-27-31(38)40-19-41-32(27)43)14-9-15-39-33(44)24-16-21(18-37)17-26-28(24)49-36(46-26,22-10-5-3-6-11-22)23-12-7-4-8-13-23/h3-14,16-17,19-20,25,29-30,34H,15H2,1-2H3,(H,39,44)(H2,38,40,41)/b14-9+/t25-,29?,30+,34-/m1/s1. The van der Waals surface area contributed by atoms with Crippen LogP contribution in [-0.4, -0.2) is 56.1 Å². The summed E-state index contributed by atoms with van der Waals surface area (Å²) in [5, 5.41) is 12.7. The van der Waals surface area contributed by atoms with E-state index in [1.165, 1.54) is 12.4 Å². The van der Waals surface area contributed by atoms with E-state index in [0.717, 1.165) is 11.1 Å². The molecule has 0 spiro atoms. The second kappa shape index (κ2) is 11.7. The maximum Gasteiger partial charge on any atom is 0.305 e. The van der Waals surface area contributed by atoms with Crippen LogP contribution in [-0.2, 0) is 20.0 Å². The number of amides is 1. The smallest absolute Gasteiger partial charge is 0.305 e. The molecule has 3 aromatic carbocycles. The molecule has 5 aromatic rings. The first-order chi connectivity index (χ1) is 23.8. The third-order valence-electron chi connectivity index (χ3n) is 8.67. The first-order valence-electron chi connectivity index (χ1n) is 15.7. The number of nitrogens with one attached hydrogen (secondary N) is 1. The van der Waals surface area contributed by atoms with Crippen LogP contribution in [0.15, 0.2) is 97.6 Å². The van der Waals surface area contributed by atoms with E-state index >= 15 is 0 Å². The van der Waals surface area contributed by atoms with Crippen LogP contribution >= 0.6 is 0 Å². The molecule has 4 atom stereocenters. The van der Waals surface area contributed by atoms with Gasteiger partial charge in [0.05, 0.1) is 23.5 Å². The van der Waals surface area contributed by atoms with E-state index in [0.29, 0.717) is 16.9 Å². The van der Waals surface area contributed by atoms with Crippen LogP contribution < -0.4 is 20.5 Å². The number of nitrogen functional groups attached to an aromatic ring is 1. The van der Waals surface area contributed by atoms with E-state index in [-0.39, 0.29) is 29.2 Å². The van der Waals surface area contributed by atoms with Gasteiger partial charge < -0.3 is 34.7 Å². The number of imidazole rings is 1. The number of carbonyl (C=O) groups excluding carboxylic acids is 1. The van der Waals surface area contributed by atoms with Crippen LogP contribution in [0, 0.1) is 11.3 Å². The number of nitrogens with zero attached hydrogens (tertiary/aromatic N) is 5. The van der Waals surface area contributed by atoms with Crippen LogP contribution in [0.3, 0.4) is 0 Å². The minimum absolute atomic E-state index is 0.150. The molecular weight excluding hydrogens is 626 g/mol. The maximum absolute atomic E-state index is 13.7. The summed E-state index contributed by atoms with van der Waals surface area (Å²) in [5.74, 6) is -1.83. The summed E-state index contributed by atoms with van der Waals surface area (Å²) in [6.07, 6.45) is 4.58. The summed E-state index contributed by atoms with van der Waals surface area (Å²) in [7, 11) is 0. The molecular formula is C36H31N7O6. The molecule has 2 saturated heterocycles. The molecule has 0 aliphatic carbocycles. The summed E-state index contributed by atoms with van der Waals surface area (Å²) in [6, 6.07) is 24.2. The predicted octanol–water partition coefficient (Wildman–Crippen LogP) is 4.36. The van der Waals surface area contributed by atoms with Gasteiger partial charge in [0.15, 0.2) is 35.0 Å². The minimum atomic E-state index is -1.35. The van der Waals surface area contributed by atoms with Crippen molar-refractivity contribution >= 4 is 22.9 Å². The van der Waals surface area contributed by atoms with Crippen molar-refractivity contribution in [2.75, 3.05) is 12.3 Å². The van der Waals surface area contributed by atoms with Gasteiger partial charge in [-0.15, -0.1) is 0 Å². The van der Waals surface area contributed by atoms with Gasteiger partial charge in [0, 0.05) is 23.7 Å². The van der Waals surface area contributed by atoms with Crippen LogP contribution in [0.1, 0.15) is 47.1 Å². The van der Waals surface area contributed by atoms with Crippen molar-refractivity contribution in [2.24, 2.45) is 0 Å². The van der Waals surface area contributed by atoms with Gasteiger partial charge in [0.1, 0.15) is 30.2 Å². The summed E-state index contributed by atoms with van der Waals surface area (Å²) < 4.78 is 33.7. The largest absolute Gasteiger partial charge is 0.440 e. The molecule has 1 unspecified atom stereocenters. The van der Waals surface area contributed by atoms with E-state index in [1.54, 1.807) is 23.0 Å². The molecule has 246 valence electrons. The Morgan fingerprint density at radius 1 is 1.00 bits per heavy atom. The molecule has 3 aliphatic rings. The summed E-state index contributed by atoms with van der Waals surface area (Å²) in [4.78, 5) is 26.4. The zero-order valence-electron chi connectivity index (χ0n) is 26.5. The van der Waals surface area contributed by atoms with Crippen molar-refractivity contribution in [3.8, 4) is 17.6 Å². The van der Waals surface area contributed by atoms with Gasteiger partial charge in [-0.05, 0) is 19.9 Å². The fourth-order valence-corrected chi connectivity index (χ4v) is 6.55. The number of anilines is 1. The molecule has 49 heavy (non-hydrogen) atoms. The Morgan fingerprint density at radius 3 is 2.43 bits per heavy atom. The number of aromatic nitrogens is 4. The Bertz CT molecular complexity index is 2090. The second-order valence-corrected chi connectivity index (χ2v) is 12.3. The molecule has 3 N–H and O–H groups in total. The lowest BCUT2D eigenvalue weighted by molar-refractivity contribution is -0.191. The molecule has 2 fully saturated rings. The van der Waals surface area contributed by atoms with Crippen molar-refractivity contribution in [3.63, 3.8) is 0 Å². The highest BCUT2D eigenvalue weighted by Crippen LogP contribution is 2.50. The topological polar surface area (TPSA) is 169 Å². The van der Waals surface area contributed by atoms with Crippen molar-refractivity contribution in [1.82, 2.24) is 24.8 Å². The van der Waals surface area contributed by atoms with Crippen LogP contribution in [0.2, 0.25) is 0 Å². The number of rotatable bonds is 7. The lowest BCUT2D eigenvalue weighted by atomic mass is 9.97. The SMILES string of the molecule is CC1(C)OC2[C@@H](/C=C/CNC(=O)c3cc(C#N)cc4c3OC(c3ccccc3)(c3ccccc3)O4)O[C@@H](n3cnc4c(N)ncnc43)[C@H]2O1. The molecule has 2 aromatic heterocycles. The molecule has 13 heteroatoms. The number of benzene rings is 3. The average Bonchev–Trinajstić information content (AvgIpc) is 3.88. The number of hydrogen-bond donors (Lipinski definition) is 2. The monoisotopic (exact) mass is 657 g/mol. The lowest BCUT2D eigenvalue weighted by Crippen LogP contribution is -2.37. The van der Waals surface area contributed by atoms with E-state index in [1.807, 2.05) is 80.6 Å². The maximum atomic E-state index is 13.7. The first-order valence-corrected chi connectivity index (χ1v) is 15.7. The van der Waals surface area contributed by atoms with Gasteiger partial charge in [-0.2, -0.15) is 5.26 Å². The van der Waals surface area contributed by atoms with Crippen molar-refractivity contribution in [3.05, 3.63) is 120 Å². The number of nitrogens with two attached hydrogens (primary N) is 1. The summed E-state index contributed by atoms with van der Waals surface area (Å²) in [6.45, 7) is 3.84. The number of nitriles is 1. The van der Waals surface area contributed by atoms with Crippen molar-refractivity contribution in [1.29, 1.82) is 5.26 Å². The fourth-order valence-electron chi connectivity index (χ4n) is 6.55. The van der Waals surface area contributed by atoms with Gasteiger partial charge in [-0.3, -0.25) is 9.36 Å². The quantitative estimate of drug-likeness (QED) is 0.239. The Morgan fingerprint density at radius 2 is 1.71 bits per heavy atom. The average molecular weight is 658 g/mol. The highest BCUT2D eigenvalue weighted by molar-refractivity contribution is 5.98. The molecule has 0 radical (unpaired) electrons. The normalized spacial score (nSPS) is 23.0. The summed E-state index contributed by atoms with van der Waals surface area (Å²) in [5.41, 5.74) is 8.90. The minimum Gasteiger partial charge on any atom is -0.440 e. The molecule has 0 saturated carbocycles. The van der Waals surface area contributed by atoms with Gasteiger partial charge in [0.25, 0.3) is 5.91 Å². The Labute approximate surface area is 280 Å². The molecule has 8 rings (SSSR count). The zero-order chi connectivity index (χ0) is 33.8. The Hall–Kier alpha value is -5.81. The summed E-state index contributed by atoms with van der Waals surface area (Å²) >= 11 is 0. The number of fused-ring (bicyclic) bond motifs is 3. The molecule has 5 heterocycles. The third kappa shape index (κ3) is 5.23. The molecule has 1 amide bonds. The van der Waals surface area contributed by atoms with Crippen molar-refractivity contribution in [2.45, 2.75) is 50.0 Å². The first kappa shape index (κ1) is 30.5. The molecule has 3 aliphatic heterocycles. The van der Waals surface area contributed by atoms with E-state index in [2.05, 4.69) is 26.3 Å². The Kier molecular flexibility index (Phi) is 7.29. The van der Waals surface area contributed by atoms with Crippen LogP contribution in [0.5, 0.6) is 11.5 Å². The van der Waals surface area contributed by atoms with Crippen LogP contribution in [0.25, 0.3) is 11.2 Å². The van der Waals surface area contributed by atoms with Gasteiger partial charge in [-0.25, -0.2) is 15.0 Å². The Balaban J connectivity index is 1.03. The lowest BCUT2D eigenvalue weighted by Gasteiger charge is -2.28. The van der Waals surface area contributed by atoms with Crippen LogP contribution in [0.4, 0.5) is 5.82 Å². The number of carbonyl (C=O) groups is 1. The van der Waals surface area contributed by atoms with Gasteiger partial charge >= 0.3 is 5.79 Å². The predicted molar refractivity (Wildman–Crippen MR) is 175 cm³/mol. The highest BCUT2D eigenvalue weighted by Gasteiger charge is 2.55. The molecule has 13 nitrogen and oxygen atoms in total. The fraction of sp³-hybridized carbons (Fsp3) is 0.250. The van der Waals surface area contributed by atoms with Crippen molar-refractivity contribution < 1.29 is 28.5 Å². The third-order valence-corrected chi connectivity index (χ3v) is 8.67. The number of ether oxygens (including phenoxy) is 5. The number of hydrogen-bond acceptors (Lipinski definition) is 11. The van der Waals surface area contributed by atoms with E-state index in [9.17, 15) is 10.1 Å². The van der Waals surface area contributed by atoms with Gasteiger partial charge in [0.2, 0.25) is 0 Å². The zero-order valence-corrected chi connectivity index (χ0v) is 26.5. The highest BCUT2D eigenvalue weighted by atomic mass is 16.8. The second-order valence-electron chi connectivity index (χ2n) is 12.3.